The summed E-state index contributed by atoms with van der Waals surface area (Å²) < 4.78 is 37.9. The zero-order chi connectivity index (χ0) is 24.0. The number of hydrogen-bond donors (Lipinski definition) is 1. The lowest BCUT2D eigenvalue weighted by Gasteiger charge is -2.26. The van der Waals surface area contributed by atoms with E-state index in [4.69, 9.17) is 9.47 Å². The summed E-state index contributed by atoms with van der Waals surface area (Å²) in [5.74, 6) is 1.34. The lowest BCUT2D eigenvalue weighted by molar-refractivity contribution is -0.116. The molecule has 0 unspecified atom stereocenters. The number of hydrogen-bond acceptors (Lipinski definition) is 5. The topological polar surface area (TPSA) is 84.9 Å². The average Bonchev–Trinajstić information content (AvgIpc) is 2.85. The van der Waals surface area contributed by atoms with Crippen molar-refractivity contribution < 1.29 is 22.7 Å². The Balaban J connectivity index is 1.27. The first-order chi connectivity index (χ1) is 16.4. The average molecular weight is 481 g/mol. The SMILES string of the molecule is Cc1cccc(Oc2ccc(NC(=O)CCc3ccc(S(=O)(=O)N4CCOCC4)cc3)cc2)c1. The Bertz CT molecular complexity index is 1220. The van der Waals surface area contributed by atoms with Crippen molar-refractivity contribution in [3.8, 4) is 11.5 Å². The molecule has 7 nitrogen and oxygen atoms in total. The number of benzene rings is 3. The molecule has 1 N–H and O–H groups in total. The lowest BCUT2D eigenvalue weighted by Crippen LogP contribution is -2.40. The monoisotopic (exact) mass is 480 g/mol. The van der Waals surface area contributed by atoms with E-state index in [2.05, 4.69) is 5.32 Å². The van der Waals surface area contributed by atoms with Gasteiger partial charge in [0.25, 0.3) is 0 Å². The van der Waals surface area contributed by atoms with Gasteiger partial charge in [0.05, 0.1) is 18.1 Å². The van der Waals surface area contributed by atoms with E-state index in [1.54, 1.807) is 36.4 Å². The van der Waals surface area contributed by atoms with E-state index in [1.807, 2.05) is 43.3 Å². The van der Waals surface area contributed by atoms with E-state index in [0.29, 0.717) is 44.2 Å². The second-order valence-corrected chi connectivity index (χ2v) is 10.1. The molecule has 0 spiro atoms. The molecule has 1 amide bonds. The fourth-order valence-corrected chi connectivity index (χ4v) is 5.07. The number of anilines is 1. The highest BCUT2D eigenvalue weighted by Gasteiger charge is 2.26. The molecule has 178 valence electrons. The zero-order valence-electron chi connectivity index (χ0n) is 19.1. The maximum Gasteiger partial charge on any atom is 0.243 e. The first-order valence-electron chi connectivity index (χ1n) is 11.2. The number of aryl methyl sites for hydroxylation is 2. The third-order valence-electron chi connectivity index (χ3n) is 5.54. The van der Waals surface area contributed by atoms with Gasteiger partial charge in [0.1, 0.15) is 11.5 Å². The van der Waals surface area contributed by atoms with E-state index in [1.165, 1.54) is 4.31 Å². The minimum Gasteiger partial charge on any atom is -0.457 e. The fraction of sp³-hybridized carbons (Fsp3) is 0.269. The predicted octanol–water partition coefficient (Wildman–Crippen LogP) is 4.38. The quantitative estimate of drug-likeness (QED) is 0.517. The van der Waals surface area contributed by atoms with Crippen molar-refractivity contribution in [2.24, 2.45) is 0 Å². The Hall–Kier alpha value is -3.20. The van der Waals surface area contributed by atoms with Gasteiger partial charge in [-0.15, -0.1) is 0 Å². The molecule has 0 bridgehead atoms. The predicted molar refractivity (Wildman–Crippen MR) is 131 cm³/mol. The van der Waals surface area contributed by atoms with E-state index in [-0.39, 0.29) is 17.2 Å². The Morgan fingerprint density at radius 3 is 2.35 bits per heavy atom. The van der Waals surface area contributed by atoms with Crippen LogP contribution in [0.2, 0.25) is 0 Å². The number of nitrogens with zero attached hydrogens (tertiary/aromatic N) is 1. The van der Waals surface area contributed by atoms with Crippen LogP contribution in [0.4, 0.5) is 5.69 Å². The van der Waals surface area contributed by atoms with E-state index in [9.17, 15) is 13.2 Å². The Kier molecular flexibility index (Phi) is 7.62. The van der Waals surface area contributed by atoms with Gasteiger partial charge in [-0.25, -0.2) is 8.42 Å². The number of morpholine rings is 1. The summed E-state index contributed by atoms with van der Waals surface area (Å²) in [6, 6.07) is 21.8. The van der Waals surface area contributed by atoms with E-state index < -0.39 is 10.0 Å². The highest BCUT2D eigenvalue weighted by molar-refractivity contribution is 7.89. The van der Waals surface area contributed by atoms with Gasteiger partial charge in [0, 0.05) is 25.2 Å². The van der Waals surface area contributed by atoms with Crippen LogP contribution < -0.4 is 10.1 Å². The zero-order valence-corrected chi connectivity index (χ0v) is 19.9. The molecule has 3 aromatic carbocycles. The molecular formula is C26H28N2O5S. The number of carbonyl (C=O) groups is 1. The summed E-state index contributed by atoms with van der Waals surface area (Å²) >= 11 is 0. The van der Waals surface area contributed by atoms with Gasteiger partial charge in [0.15, 0.2) is 0 Å². The number of carbonyl (C=O) groups excluding carboxylic acids is 1. The summed E-state index contributed by atoms with van der Waals surface area (Å²) in [6.07, 6.45) is 0.801. The number of rotatable bonds is 8. The molecule has 8 heteroatoms. The summed E-state index contributed by atoms with van der Waals surface area (Å²) in [6.45, 7) is 3.56. The van der Waals surface area contributed by atoms with Crippen molar-refractivity contribution in [1.82, 2.24) is 4.31 Å². The normalized spacial score (nSPS) is 14.5. The third kappa shape index (κ3) is 6.22. The summed E-state index contributed by atoms with van der Waals surface area (Å²) in [4.78, 5) is 12.6. The largest absolute Gasteiger partial charge is 0.457 e. The van der Waals surface area contributed by atoms with Crippen LogP contribution in [0.3, 0.4) is 0 Å². The number of sulfonamides is 1. The molecule has 0 aliphatic carbocycles. The van der Waals surface area contributed by atoms with Crippen molar-refractivity contribution in [3.63, 3.8) is 0 Å². The van der Waals surface area contributed by atoms with Crippen LogP contribution in [0.25, 0.3) is 0 Å². The molecule has 4 rings (SSSR count). The van der Waals surface area contributed by atoms with Crippen LogP contribution in [-0.2, 0) is 26.0 Å². The fourth-order valence-electron chi connectivity index (χ4n) is 3.67. The number of nitrogens with one attached hydrogen (secondary N) is 1. The Morgan fingerprint density at radius 2 is 1.68 bits per heavy atom. The van der Waals surface area contributed by atoms with Crippen LogP contribution in [0.15, 0.2) is 77.7 Å². The summed E-state index contributed by atoms with van der Waals surface area (Å²) in [5.41, 5.74) is 2.71. The lowest BCUT2D eigenvalue weighted by atomic mass is 10.1. The smallest absolute Gasteiger partial charge is 0.243 e. The summed E-state index contributed by atoms with van der Waals surface area (Å²) in [5, 5.41) is 2.88. The Morgan fingerprint density at radius 1 is 0.971 bits per heavy atom. The van der Waals surface area contributed by atoms with Gasteiger partial charge in [-0.2, -0.15) is 4.31 Å². The molecular weight excluding hydrogens is 452 g/mol. The van der Waals surface area contributed by atoms with Crippen molar-refractivity contribution in [2.45, 2.75) is 24.7 Å². The van der Waals surface area contributed by atoms with Gasteiger partial charge in [0.2, 0.25) is 15.9 Å². The maximum atomic E-state index is 12.7. The van der Waals surface area contributed by atoms with Crippen molar-refractivity contribution in [1.29, 1.82) is 0 Å². The van der Waals surface area contributed by atoms with E-state index >= 15 is 0 Å². The van der Waals surface area contributed by atoms with Gasteiger partial charge in [-0.1, -0.05) is 24.3 Å². The molecule has 1 aliphatic rings. The minimum atomic E-state index is -3.51. The van der Waals surface area contributed by atoms with Crippen LogP contribution in [0.5, 0.6) is 11.5 Å². The molecule has 3 aromatic rings. The number of amides is 1. The Labute approximate surface area is 200 Å². The van der Waals surface area contributed by atoms with Crippen molar-refractivity contribution in [2.75, 3.05) is 31.6 Å². The minimum absolute atomic E-state index is 0.114. The van der Waals surface area contributed by atoms with Gasteiger partial charge in [-0.3, -0.25) is 4.79 Å². The van der Waals surface area contributed by atoms with Crippen LogP contribution in [0, 0.1) is 6.92 Å². The van der Waals surface area contributed by atoms with Crippen molar-refractivity contribution >= 4 is 21.6 Å². The second kappa shape index (κ2) is 10.8. The molecule has 1 heterocycles. The number of ether oxygens (including phenoxy) is 2. The third-order valence-corrected chi connectivity index (χ3v) is 7.45. The highest BCUT2D eigenvalue weighted by atomic mass is 32.2. The molecule has 1 fully saturated rings. The molecule has 0 atom stereocenters. The van der Waals surface area contributed by atoms with Gasteiger partial charge < -0.3 is 14.8 Å². The van der Waals surface area contributed by atoms with E-state index in [0.717, 1.165) is 16.9 Å². The van der Waals surface area contributed by atoms with Crippen molar-refractivity contribution in [3.05, 3.63) is 83.9 Å². The molecule has 0 saturated carbocycles. The van der Waals surface area contributed by atoms with Gasteiger partial charge >= 0.3 is 0 Å². The van der Waals surface area contributed by atoms with Crippen LogP contribution >= 0.6 is 0 Å². The standard InChI is InChI=1S/C26H28N2O5S/c1-20-3-2-4-24(19-20)33-23-10-8-22(9-11-23)27-26(29)14-7-21-5-12-25(13-6-21)34(30,31)28-15-17-32-18-16-28/h2-6,8-13,19H,7,14-18H2,1H3,(H,27,29). The highest BCUT2D eigenvalue weighted by Crippen LogP contribution is 2.24. The summed E-state index contributed by atoms with van der Waals surface area (Å²) in [7, 11) is -3.51. The second-order valence-electron chi connectivity index (χ2n) is 8.15. The first kappa shape index (κ1) is 23.9. The van der Waals surface area contributed by atoms with Crippen LogP contribution in [-0.4, -0.2) is 44.9 Å². The van der Waals surface area contributed by atoms with Crippen LogP contribution in [0.1, 0.15) is 17.5 Å². The first-order valence-corrected chi connectivity index (χ1v) is 12.7. The molecule has 34 heavy (non-hydrogen) atoms. The molecule has 0 aromatic heterocycles. The molecule has 1 saturated heterocycles. The maximum absolute atomic E-state index is 12.7. The molecule has 0 radical (unpaired) electrons. The molecule has 1 aliphatic heterocycles. The van der Waals surface area contributed by atoms with Gasteiger partial charge in [-0.05, 0) is 73.0 Å².